The lowest BCUT2D eigenvalue weighted by atomic mass is 10.1. The van der Waals surface area contributed by atoms with Crippen molar-refractivity contribution in [2.45, 2.75) is 64.7 Å². The molecule has 0 fully saturated rings. The second-order valence-corrected chi connectivity index (χ2v) is 11.1. The van der Waals surface area contributed by atoms with Gasteiger partial charge < -0.3 is 61.6 Å². The van der Waals surface area contributed by atoms with E-state index >= 15 is 0 Å². The molecule has 0 aliphatic heterocycles. The number of rotatable bonds is 45. The molecule has 0 N–H and O–H groups in total. The van der Waals surface area contributed by atoms with Gasteiger partial charge in [0.25, 0.3) is 0 Å². The maximum absolute atomic E-state index is 10.9. The van der Waals surface area contributed by atoms with Crippen molar-refractivity contribution in [3.05, 3.63) is 0 Å². The highest BCUT2D eigenvalue weighted by Crippen LogP contribution is 2.08. The van der Waals surface area contributed by atoms with Crippen LogP contribution in [0, 0.1) is 0 Å². The number of methoxy groups -OCH3 is 1. The zero-order valence-electron chi connectivity index (χ0n) is 31.5. The quantitative estimate of drug-likeness (QED) is 0.0662. The normalized spacial score (nSPS) is 11.5. The average molecular weight is 729 g/mol. The molecule has 0 heterocycles. The molecule has 0 bridgehead atoms. The fraction of sp³-hybridized carbons (Fsp3) is 0.972. The van der Waals surface area contributed by atoms with Crippen LogP contribution in [0.25, 0.3) is 0 Å². The topological polar surface area (TPSA) is 137 Å². The molecule has 0 spiro atoms. The van der Waals surface area contributed by atoms with Gasteiger partial charge in [0.2, 0.25) is 0 Å². The molecule has 0 aromatic carbocycles. The van der Waals surface area contributed by atoms with Crippen LogP contribution in [0.2, 0.25) is 0 Å². The lowest BCUT2D eigenvalue weighted by molar-refractivity contribution is -0.141. The molecule has 0 aliphatic carbocycles. The summed E-state index contributed by atoms with van der Waals surface area (Å²) in [4.78, 5) is 10.9. The van der Waals surface area contributed by atoms with Crippen LogP contribution >= 0.6 is 0 Å². The average Bonchev–Trinajstić information content (AvgIpc) is 3.13. The molecule has 50 heavy (non-hydrogen) atoms. The largest absolute Gasteiger partial charge is 0.469 e. The number of unbranched alkanes of at least 4 members (excludes halogenated alkanes) is 7. The monoisotopic (exact) mass is 728 g/mol. The molecule has 0 saturated heterocycles. The molecule has 14 nitrogen and oxygen atoms in total. The zero-order chi connectivity index (χ0) is 36.1. The van der Waals surface area contributed by atoms with Crippen LogP contribution in [0.1, 0.15) is 64.7 Å². The van der Waals surface area contributed by atoms with Gasteiger partial charge in [0.1, 0.15) is 0 Å². The third kappa shape index (κ3) is 45.0. The Morgan fingerprint density at radius 3 is 0.780 bits per heavy atom. The van der Waals surface area contributed by atoms with Crippen LogP contribution in [0.15, 0.2) is 0 Å². The molecular formula is C36H72O14. The molecule has 0 aromatic heterocycles. The Kier molecular flexibility index (Phi) is 45.1. The van der Waals surface area contributed by atoms with E-state index in [-0.39, 0.29) is 12.4 Å². The lowest BCUT2D eigenvalue weighted by Gasteiger charge is -2.09. The van der Waals surface area contributed by atoms with Crippen LogP contribution in [0.5, 0.6) is 0 Å². The van der Waals surface area contributed by atoms with Gasteiger partial charge in [0.15, 0.2) is 0 Å². The van der Waals surface area contributed by atoms with E-state index < -0.39 is 0 Å². The summed E-state index contributed by atoms with van der Waals surface area (Å²) in [6.07, 6.45) is 10.8. The standard InChI is InChI=1S/C36H72O14/c1-3-4-5-6-7-8-9-10-12-39-14-16-41-18-20-43-22-24-45-26-28-47-30-32-49-34-35-50-33-31-48-29-27-46-25-23-44-21-19-42-17-15-40-13-11-36(37)38-2/h3-35H2,1-2H3. The minimum Gasteiger partial charge on any atom is -0.469 e. The van der Waals surface area contributed by atoms with Crippen molar-refractivity contribution in [2.24, 2.45) is 0 Å². The number of ether oxygens (including phenoxy) is 13. The molecule has 0 aliphatic rings. The van der Waals surface area contributed by atoms with Gasteiger partial charge in [0.05, 0.1) is 165 Å². The third-order valence-electron chi connectivity index (χ3n) is 6.91. The highest BCUT2D eigenvalue weighted by Gasteiger charge is 2.00. The summed E-state index contributed by atoms with van der Waals surface area (Å²) in [5, 5.41) is 0. The van der Waals surface area contributed by atoms with E-state index in [1.165, 1.54) is 52.1 Å². The predicted molar refractivity (Wildman–Crippen MR) is 189 cm³/mol. The number of carbonyl (C=O) groups excluding carboxylic acids is 1. The van der Waals surface area contributed by atoms with Crippen LogP contribution in [-0.2, 0) is 66.4 Å². The molecule has 0 unspecified atom stereocenters. The summed E-state index contributed by atoms with van der Waals surface area (Å²) < 4.78 is 70.2. The molecule has 0 saturated carbocycles. The molecule has 14 heteroatoms. The van der Waals surface area contributed by atoms with Gasteiger partial charge in [0, 0.05) is 6.61 Å². The van der Waals surface area contributed by atoms with Crippen LogP contribution in [0.3, 0.4) is 0 Å². The van der Waals surface area contributed by atoms with Gasteiger partial charge in [-0.05, 0) is 6.42 Å². The molecule has 0 aromatic rings. The van der Waals surface area contributed by atoms with Crippen molar-refractivity contribution in [1.82, 2.24) is 0 Å². The number of esters is 1. The molecular weight excluding hydrogens is 656 g/mol. The van der Waals surface area contributed by atoms with Gasteiger partial charge in [-0.2, -0.15) is 0 Å². The van der Waals surface area contributed by atoms with Crippen molar-refractivity contribution in [3.8, 4) is 0 Å². The first kappa shape index (κ1) is 49.0. The Bertz CT molecular complexity index is 632. The van der Waals surface area contributed by atoms with Crippen LogP contribution in [-0.4, -0.2) is 172 Å². The Morgan fingerprint density at radius 1 is 0.300 bits per heavy atom. The number of carbonyl (C=O) groups is 1. The lowest BCUT2D eigenvalue weighted by Crippen LogP contribution is -2.15. The van der Waals surface area contributed by atoms with E-state index in [1.807, 2.05) is 0 Å². The van der Waals surface area contributed by atoms with Gasteiger partial charge in [-0.1, -0.05) is 51.9 Å². The highest BCUT2D eigenvalue weighted by atomic mass is 16.6. The minimum absolute atomic E-state index is 0.246. The second kappa shape index (κ2) is 46.0. The first-order valence-corrected chi connectivity index (χ1v) is 18.8. The molecule has 0 rings (SSSR count). The summed E-state index contributed by atoms with van der Waals surface area (Å²) >= 11 is 0. The summed E-state index contributed by atoms with van der Waals surface area (Å²) in [6, 6.07) is 0. The second-order valence-electron chi connectivity index (χ2n) is 11.1. The Balaban J connectivity index is 3.05. The van der Waals surface area contributed by atoms with Gasteiger partial charge >= 0.3 is 5.97 Å². The zero-order valence-corrected chi connectivity index (χ0v) is 31.5. The predicted octanol–water partition coefficient (Wildman–Crippen LogP) is 3.89. The minimum atomic E-state index is -0.284. The fourth-order valence-corrected chi connectivity index (χ4v) is 4.12. The van der Waals surface area contributed by atoms with Crippen LogP contribution < -0.4 is 0 Å². The summed E-state index contributed by atoms with van der Waals surface area (Å²) in [7, 11) is 1.35. The van der Waals surface area contributed by atoms with Gasteiger partial charge in [-0.15, -0.1) is 0 Å². The van der Waals surface area contributed by atoms with E-state index in [9.17, 15) is 4.79 Å². The summed E-state index contributed by atoms with van der Waals surface area (Å²) in [5.74, 6) is -0.284. The number of hydrogen-bond acceptors (Lipinski definition) is 14. The molecule has 0 radical (unpaired) electrons. The van der Waals surface area contributed by atoms with E-state index in [0.717, 1.165) is 13.0 Å². The third-order valence-corrected chi connectivity index (χ3v) is 6.91. The van der Waals surface area contributed by atoms with E-state index in [1.54, 1.807) is 0 Å². The van der Waals surface area contributed by atoms with E-state index in [4.69, 9.17) is 56.8 Å². The fourth-order valence-electron chi connectivity index (χ4n) is 4.12. The van der Waals surface area contributed by atoms with Crippen LogP contribution in [0.4, 0.5) is 0 Å². The Labute approximate surface area is 302 Å². The van der Waals surface area contributed by atoms with Crippen molar-refractivity contribution in [1.29, 1.82) is 0 Å². The Hall–Kier alpha value is -1.01. The highest BCUT2D eigenvalue weighted by molar-refractivity contribution is 5.69. The summed E-state index contributed by atoms with van der Waals surface area (Å²) in [5.41, 5.74) is 0. The van der Waals surface area contributed by atoms with Crippen molar-refractivity contribution >= 4 is 5.97 Å². The first-order valence-electron chi connectivity index (χ1n) is 18.8. The van der Waals surface area contributed by atoms with Crippen molar-refractivity contribution < 1.29 is 66.4 Å². The first-order chi connectivity index (χ1) is 24.8. The van der Waals surface area contributed by atoms with Gasteiger partial charge in [-0.25, -0.2) is 0 Å². The van der Waals surface area contributed by atoms with Gasteiger partial charge in [-0.3, -0.25) is 4.79 Å². The van der Waals surface area contributed by atoms with E-state index in [0.29, 0.717) is 152 Å². The smallest absolute Gasteiger partial charge is 0.307 e. The Morgan fingerprint density at radius 2 is 0.520 bits per heavy atom. The molecule has 300 valence electrons. The van der Waals surface area contributed by atoms with Crippen molar-refractivity contribution in [3.63, 3.8) is 0 Å². The SMILES string of the molecule is CCCCCCCCCCOCCOCCOCCOCCOCCOCCOCCOCCOCCOCCOCCOCCC(=O)OC. The molecule has 0 atom stereocenters. The summed E-state index contributed by atoms with van der Waals surface area (Å²) in [6.45, 7) is 14.7. The maximum atomic E-state index is 10.9. The molecule has 0 amide bonds. The van der Waals surface area contributed by atoms with Crippen molar-refractivity contribution in [2.75, 3.05) is 166 Å². The number of hydrogen-bond donors (Lipinski definition) is 0. The van der Waals surface area contributed by atoms with E-state index in [2.05, 4.69) is 11.7 Å². The maximum Gasteiger partial charge on any atom is 0.307 e.